The quantitative estimate of drug-likeness (QED) is 0.544. The number of hydrogen-bond donors (Lipinski definition) is 1. The van der Waals surface area contributed by atoms with Gasteiger partial charge in [-0.05, 0) is 42.3 Å². The van der Waals surface area contributed by atoms with Gasteiger partial charge in [-0.2, -0.15) is 14.4 Å². The van der Waals surface area contributed by atoms with Crippen LogP contribution in [0.3, 0.4) is 0 Å². The lowest BCUT2D eigenvalue weighted by molar-refractivity contribution is 0.577. The van der Waals surface area contributed by atoms with Crippen molar-refractivity contribution in [3.63, 3.8) is 0 Å². The van der Waals surface area contributed by atoms with Crippen molar-refractivity contribution in [2.24, 2.45) is 0 Å². The van der Waals surface area contributed by atoms with Crippen LogP contribution in [0.25, 0.3) is 11.2 Å². The fraction of sp³-hybridized carbons (Fsp3) is 0.0667. The van der Waals surface area contributed by atoms with E-state index in [0.717, 1.165) is 11.3 Å². The van der Waals surface area contributed by atoms with E-state index >= 15 is 0 Å². The smallest absolute Gasteiger partial charge is 0.276 e. The maximum absolute atomic E-state index is 12.9. The third-order valence-electron chi connectivity index (χ3n) is 2.71. The van der Waals surface area contributed by atoms with Crippen molar-refractivity contribution in [2.75, 3.05) is 12.4 Å². The zero-order valence-corrected chi connectivity index (χ0v) is 10.6. The van der Waals surface area contributed by atoms with E-state index in [2.05, 4.69) is 27.1 Å². The van der Waals surface area contributed by atoms with E-state index in [1.165, 1.54) is 12.1 Å². The van der Waals surface area contributed by atoms with Gasteiger partial charge in [-0.25, -0.2) is 0 Å². The first kappa shape index (κ1) is 12.2. The van der Waals surface area contributed by atoms with Crippen LogP contribution in [0.4, 0.5) is 10.1 Å². The number of halogens is 1. The predicted molar refractivity (Wildman–Crippen MR) is 73.7 cm³/mol. The maximum atomic E-state index is 12.9. The molecule has 98 valence electrons. The Hall–Kier alpha value is -2.87. The van der Waals surface area contributed by atoms with Gasteiger partial charge in [0.15, 0.2) is 5.58 Å². The van der Waals surface area contributed by atoms with Crippen LogP contribution < -0.4 is 5.32 Å². The molecule has 2 aromatic heterocycles. The summed E-state index contributed by atoms with van der Waals surface area (Å²) in [5, 5.41) is 3.03. The number of pyridine rings is 1. The van der Waals surface area contributed by atoms with Gasteiger partial charge in [0.25, 0.3) is 5.89 Å². The van der Waals surface area contributed by atoms with Crippen LogP contribution >= 0.6 is 0 Å². The van der Waals surface area contributed by atoms with E-state index in [4.69, 9.17) is 4.42 Å². The van der Waals surface area contributed by atoms with Crippen molar-refractivity contribution in [3.8, 4) is 11.8 Å². The SMILES string of the molecule is CNc1ccc(C#Cc2nc3nc(F)ccc3o2)cc1. The van der Waals surface area contributed by atoms with E-state index in [-0.39, 0.29) is 11.5 Å². The van der Waals surface area contributed by atoms with Gasteiger partial charge in [-0.15, -0.1) is 0 Å². The van der Waals surface area contributed by atoms with Gasteiger partial charge in [0, 0.05) is 18.3 Å². The molecule has 0 fully saturated rings. The first-order valence-electron chi connectivity index (χ1n) is 5.97. The molecule has 2 heterocycles. The second-order valence-corrected chi connectivity index (χ2v) is 4.05. The average molecular weight is 267 g/mol. The number of hydrogen-bond acceptors (Lipinski definition) is 4. The summed E-state index contributed by atoms with van der Waals surface area (Å²) in [6, 6.07) is 10.3. The Labute approximate surface area is 114 Å². The van der Waals surface area contributed by atoms with Crippen LogP contribution in [-0.2, 0) is 0 Å². The van der Waals surface area contributed by atoms with Gasteiger partial charge in [0.05, 0.1) is 0 Å². The number of oxazole rings is 1. The number of nitrogens with zero attached hydrogens (tertiary/aromatic N) is 2. The Bertz CT molecular complexity index is 812. The summed E-state index contributed by atoms with van der Waals surface area (Å²) in [5.41, 5.74) is 2.49. The molecule has 0 amide bonds. The number of anilines is 1. The molecule has 0 bridgehead atoms. The molecule has 0 aliphatic heterocycles. The molecule has 1 aromatic carbocycles. The lowest BCUT2D eigenvalue weighted by atomic mass is 10.2. The van der Waals surface area contributed by atoms with Gasteiger partial charge >= 0.3 is 0 Å². The number of rotatable bonds is 1. The molecule has 0 saturated heterocycles. The highest BCUT2D eigenvalue weighted by Crippen LogP contribution is 2.13. The summed E-state index contributed by atoms with van der Waals surface area (Å²) in [6.07, 6.45) is 0. The molecule has 0 aliphatic rings. The van der Waals surface area contributed by atoms with E-state index in [1.807, 2.05) is 31.3 Å². The molecular weight excluding hydrogens is 257 g/mol. The summed E-state index contributed by atoms with van der Waals surface area (Å²) in [6.45, 7) is 0. The zero-order valence-electron chi connectivity index (χ0n) is 10.6. The summed E-state index contributed by atoms with van der Waals surface area (Å²) < 4.78 is 18.3. The molecule has 0 radical (unpaired) electrons. The molecule has 20 heavy (non-hydrogen) atoms. The van der Waals surface area contributed by atoms with E-state index in [0.29, 0.717) is 5.58 Å². The third kappa shape index (κ3) is 2.45. The van der Waals surface area contributed by atoms with Crippen molar-refractivity contribution in [1.29, 1.82) is 0 Å². The minimum absolute atomic E-state index is 0.218. The maximum Gasteiger partial charge on any atom is 0.276 e. The van der Waals surface area contributed by atoms with Crippen LogP contribution in [0, 0.1) is 17.8 Å². The topological polar surface area (TPSA) is 51.0 Å². The highest BCUT2D eigenvalue weighted by molar-refractivity contribution is 5.68. The van der Waals surface area contributed by atoms with Crippen molar-refractivity contribution in [3.05, 3.63) is 53.8 Å². The molecule has 4 nitrogen and oxygen atoms in total. The van der Waals surface area contributed by atoms with Crippen LogP contribution in [-0.4, -0.2) is 17.0 Å². The van der Waals surface area contributed by atoms with Crippen LogP contribution in [0.1, 0.15) is 11.5 Å². The highest BCUT2D eigenvalue weighted by atomic mass is 19.1. The minimum Gasteiger partial charge on any atom is -0.428 e. The largest absolute Gasteiger partial charge is 0.428 e. The molecule has 5 heteroatoms. The summed E-state index contributed by atoms with van der Waals surface area (Å²) in [4.78, 5) is 7.65. The zero-order chi connectivity index (χ0) is 13.9. The van der Waals surface area contributed by atoms with Crippen LogP contribution in [0.2, 0.25) is 0 Å². The van der Waals surface area contributed by atoms with E-state index in [1.54, 1.807) is 0 Å². The Morgan fingerprint density at radius 2 is 1.85 bits per heavy atom. The fourth-order valence-corrected chi connectivity index (χ4v) is 1.69. The van der Waals surface area contributed by atoms with E-state index in [9.17, 15) is 4.39 Å². The normalized spacial score (nSPS) is 10.1. The third-order valence-corrected chi connectivity index (χ3v) is 2.71. The molecule has 3 aromatic rings. The minimum atomic E-state index is -0.590. The van der Waals surface area contributed by atoms with Crippen molar-refractivity contribution in [2.45, 2.75) is 0 Å². The number of fused-ring (bicyclic) bond motifs is 1. The average Bonchev–Trinajstić information content (AvgIpc) is 2.87. The summed E-state index contributed by atoms with van der Waals surface area (Å²) in [5.74, 6) is 5.36. The van der Waals surface area contributed by atoms with Gasteiger partial charge in [0.1, 0.15) is 0 Å². The molecule has 0 atom stereocenters. The Kier molecular flexibility index (Phi) is 3.05. The summed E-state index contributed by atoms with van der Waals surface area (Å²) >= 11 is 0. The second kappa shape index (κ2) is 5.02. The molecular formula is C15H10FN3O. The van der Waals surface area contributed by atoms with Crippen molar-refractivity contribution >= 4 is 16.9 Å². The first-order valence-corrected chi connectivity index (χ1v) is 5.97. The fourth-order valence-electron chi connectivity index (χ4n) is 1.69. The lowest BCUT2D eigenvalue weighted by Gasteiger charge is -1.97. The van der Waals surface area contributed by atoms with Crippen LogP contribution in [0.15, 0.2) is 40.8 Å². The lowest BCUT2D eigenvalue weighted by Crippen LogP contribution is -1.86. The van der Waals surface area contributed by atoms with Gasteiger partial charge < -0.3 is 9.73 Å². The molecule has 3 rings (SSSR count). The molecule has 1 N–H and O–H groups in total. The van der Waals surface area contributed by atoms with Gasteiger partial charge in [-0.1, -0.05) is 5.92 Å². The number of benzene rings is 1. The van der Waals surface area contributed by atoms with Crippen LogP contribution in [0.5, 0.6) is 0 Å². The Balaban J connectivity index is 1.90. The Morgan fingerprint density at radius 1 is 1.05 bits per heavy atom. The molecule has 0 saturated carbocycles. The Morgan fingerprint density at radius 3 is 2.60 bits per heavy atom. The number of aromatic nitrogens is 2. The molecule has 0 spiro atoms. The number of nitrogens with one attached hydrogen (secondary N) is 1. The second-order valence-electron chi connectivity index (χ2n) is 4.05. The van der Waals surface area contributed by atoms with Crippen molar-refractivity contribution in [1.82, 2.24) is 9.97 Å². The monoisotopic (exact) mass is 267 g/mol. The first-order chi connectivity index (χ1) is 9.74. The molecule has 0 unspecified atom stereocenters. The standard InChI is InChI=1S/C15H10FN3O/c1-17-11-5-2-10(3-6-11)4-9-14-19-15-12(20-14)7-8-13(16)18-15/h2-3,5-8,17H,1H3. The van der Waals surface area contributed by atoms with E-state index < -0.39 is 5.95 Å². The summed E-state index contributed by atoms with van der Waals surface area (Å²) in [7, 11) is 1.85. The van der Waals surface area contributed by atoms with Crippen molar-refractivity contribution < 1.29 is 8.81 Å². The highest BCUT2D eigenvalue weighted by Gasteiger charge is 2.05. The van der Waals surface area contributed by atoms with Gasteiger partial charge in [-0.3, -0.25) is 0 Å². The molecule has 0 aliphatic carbocycles. The predicted octanol–water partition coefficient (Wildman–Crippen LogP) is 2.80. The van der Waals surface area contributed by atoms with Gasteiger partial charge in [0.2, 0.25) is 11.6 Å².